The van der Waals surface area contributed by atoms with Crippen molar-refractivity contribution in [2.45, 2.75) is 12.5 Å². The molecule has 0 saturated carbocycles. The molecule has 1 atom stereocenters. The Morgan fingerprint density at radius 1 is 1.00 bits per heavy atom. The lowest BCUT2D eigenvalue weighted by Gasteiger charge is -2.25. The van der Waals surface area contributed by atoms with Crippen molar-refractivity contribution < 1.29 is 14.0 Å². The van der Waals surface area contributed by atoms with E-state index in [1.807, 2.05) is 30.3 Å². The number of benzene rings is 3. The number of fused-ring (bicyclic) bond motifs is 1. The third kappa shape index (κ3) is 3.37. The van der Waals surface area contributed by atoms with Gasteiger partial charge in [0.25, 0.3) is 5.91 Å². The molecule has 0 saturated heterocycles. The molecule has 0 bridgehead atoms. The molecule has 28 heavy (non-hydrogen) atoms. The first-order valence-corrected chi connectivity index (χ1v) is 9.15. The maximum absolute atomic E-state index is 13.3. The van der Waals surface area contributed by atoms with Gasteiger partial charge in [0.05, 0.1) is 10.7 Å². The quantitative estimate of drug-likeness (QED) is 0.700. The molecular formula is C22H16ClFN2O2. The SMILES string of the molecule is O=C(Nc1ccc(F)cc1Cl)[C@H]1Cc2ccccc2N1C(=O)c1ccccc1. The Morgan fingerprint density at radius 3 is 2.46 bits per heavy atom. The number of rotatable bonds is 3. The fraction of sp³-hybridized carbons (Fsp3) is 0.0909. The first-order chi connectivity index (χ1) is 13.5. The molecule has 3 aromatic carbocycles. The van der Waals surface area contributed by atoms with E-state index in [2.05, 4.69) is 5.32 Å². The van der Waals surface area contributed by atoms with E-state index in [1.165, 1.54) is 17.0 Å². The van der Waals surface area contributed by atoms with Crippen LogP contribution in [0.15, 0.2) is 72.8 Å². The van der Waals surface area contributed by atoms with Gasteiger partial charge in [-0.25, -0.2) is 4.39 Å². The van der Waals surface area contributed by atoms with Crippen molar-refractivity contribution in [3.05, 3.63) is 94.8 Å². The van der Waals surface area contributed by atoms with Gasteiger partial charge in [0.1, 0.15) is 11.9 Å². The van der Waals surface area contributed by atoms with Crippen LogP contribution in [0.4, 0.5) is 15.8 Å². The zero-order valence-electron chi connectivity index (χ0n) is 14.7. The summed E-state index contributed by atoms with van der Waals surface area (Å²) in [5, 5.41) is 2.82. The molecular weight excluding hydrogens is 379 g/mol. The number of para-hydroxylation sites is 1. The molecule has 0 radical (unpaired) electrons. The van der Waals surface area contributed by atoms with Crippen LogP contribution in [-0.4, -0.2) is 17.9 Å². The van der Waals surface area contributed by atoms with Gasteiger partial charge in [-0.1, -0.05) is 48.0 Å². The second-order valence-electron chi connectivity index (χ2n) is 6.50. The third-order valence-electron chi connectivity index (χ3n) is 4.71. The average Bonchev–Trinajstić information content (AvgIpc) is 3.10. The van der Waals surface area contributed by atoms with Gasteiger partial charge in [-0.3, -0.25) is 14.5 Å². The Kier molecular flexibility index (Phi) is 4.84. The fourth-order valence-corrected chi connectivity index (χ4v) is 3.59. The van der Waals surface area contributed by atoms with Crippen molar-refractivity contribution in [3.8, 4) is 0 Å². The molecule has 1 heterocycles. The molecule has 6 heteroatoms. The van der Waals surface area contributed by atoms with Crippen LogP contribution in [0.1, 0.15) is 15.9 Å². The second-order valence-corrected chi connectivity index (χ2v) is 6.91. The molecule has 1 N–H and O–H groups in total. The van der Waals surface area contributed by atoms with Crippen LogP contribution in [0, 0.1) is 5.82 Å². The lowest BCUT2D eigenvalue weighted by Crippen LogP contribution is -2.45. The van der Waals surface area contributed by atoms with E-state index in [-0.39, 0.29) is 16.8 Å². The number of nitrogens with zero attached hydrogens (tertiary/aromatic N) is 1. The third-order valence-corrected chi connectivity index (χ3v) is 5.02. The normalized spacial score (nSPS) is 15.2. The van der Waals surface area contributed by atoms with E-state index >= 15 is 0 Å². The van der Waals surface area contributed by atoms with E-state index in [4.69, 9.17) is 11.6 Å². The second kappa shape index (κ2) is 7.44. The van der Waals surface area contributed by atoms with Crippen molar-refractivity contribution in [2.75, 3.05) is 10.2 Å². The van der Waals surface area contributed by atoms with Gasteiger partial charge in [-0.05, 0) is 42.0 Å². The van der Waals surface area contributed by atoms with E-state index in [1.54, 1.807) is 24.3 Å². The largest absolute Gasteiger partial charge is 0.323 e. The molecule has 1 aliphatic heterocycles. The summed E-state index contributed by atoms with van der Waals surface area (Å²) >= 11 is 6.03. The van der Waals surface area contributed by atoms with Crippen LogP contribution in [-0.2, 0) is 11.2 Å². The molecule has 4 rings (SSSR count). The molecule has 0 aromatic heterocycles. The highest BCUT2D eigenvalue weighted by Crippen LogP contribution is 2.34. The fourth-order valence-electron chi connectivity index (χ4n) is 3.37. The minimum atomic E-state index is -0.730. The van der Waals surface area contributed by atoms with Crippen LogP contribution in [0.3, 0.4) is 0 Å². The molecule has 140 valence electrons. The minimum Gasteiger partial charge on any atom is -0.323 e. The van der Waals surface area contributed by atoms with E-state index in [9.17, 15) is 14.0 Å². The standard InChI is InChI=1S/C22H16ClFN2O2/c23-17-13-16(24)10-11-18(17)25-21(27)20-12-15-8-4-5-9-19(15)26(20)22(28)14-6-2-1-3-7-14/h1-11,13,20H,12H2,(H,25,27)/t20-/m1/s1. The van der Waals surface area contributed by atoms with Crippen LogP contribution in [0.25, 0.3) is 0 Å². The summed E-state index contributed by atoms with van der Waals surface area (Å²) in [6.45, 7) is 0. The topological polar surface area (TPSA) is 49.4 Å². The van der Waals surface area contributed by atoms with Gasteiger partial charge >= 0.3 is 0 Å². The van der Waals surface area contributed by atoms with Gasteiger partial charge in [-0.15, -0.1) is 0 Å². The highest BCUT2D eigenvalue weighted by molar-refractivity contribution is 6.33. The van der Waals surface area contributed by atoms with E-state index in [0.717, 1.165) is 11.6 Å². The maximum Gasteiger partial charge on any atom is 0.259 e. The molecule has 0 spiro atoms. The van der Waals surface area contributed by atoms with E-state index in [0.29, 0.717) is 23.4 Å². The number of anilines is 2. The van der Waals surface area contributed by atoms with Gasteiger partial charge in [0, 0.05) is 17.7 Å². The Labute approximate surface area is 166 Å². The smallest absolute Gasteiger partial charge is 0.259 e. The van der Waals surface area contributed by atoms with Crippen LogP contribution < -0.4 is 10.2 Å². The van der Waals surface area contributed by atoms with Gasteiger partial charge in [-0.2, -0.15) is 0 Å². The average molecular weight is 395 g/mol. The predicted molar refractivity (Wildman–Crippen MR) is 107 cm³/mol. The first kappa shape index (κ1) is 18.2. The molecule has 3 aromatic rings. The molecule has 2 amide bonds. The number of nitrogens with one attached hydrogen (secondary N) is 1. The summed E-state index contributed by atoms with van der Waals surface area (Å²) in [6.07, 6.45) is 0.388. The van der Waals surface area contributed by atoms with Gasteiger partial charge < -0.3 is 5.32 Å². The highest BCUT2D eigenvalue weighted by atomic mass is 35.5. The summed E-state index contributed by atoms with van der Waals surface area (Å²) in [5.41, 5.74) is 2.42. The summed E-state index contributed by atoms with van der Waals surface area (Å²) in [5.74, 6) is -1.12. The Balaban J connectivity index is 1.67. The van der Waals surface area contributed by atoms with Crippen molar-refractivity contribution in [3.63, 3.8) is 0 Å². The number of hydrogen-bond donors (Lipinski definition) is 1. The molecule has 4 nitrogen and oxygen atoms in total. The number of amides is 2. The molecule has 0 fully saturated rings. The van der Waals surface area contributed by atoms with Crippen molar-refractivity contribution >= 4 is 34.8 Å². The monoisotopic (exact) mass is 394 g/mol. The lowest BCUT2D eigenvalue weighted by atomic mass is 10.1. The molecule has 1 aliphatic rings. The van der Waals surface area contributed by atoms with Crippen molar-refractivity contribution in [1.82, 2.24) is 0 Å². The predicted octanol–water partition coefficient (Wildman–Crippen LogP) is 4.69. The summed E-state index contributed by atoms with van der Waals surface area (Å²) < 4.78 is 13.3. The zero-order chi connectivity index (χ0) is 19.7. The number of carbonyl (C=O) groups excluding carboxylic acids is 2. The van der Waals surface area contributed by atoms with Gasteiger partial charge in [0.15, 0.2) is 0 Å². The van der Waals surface area contributed by atoms with Crippen LogP contribution >= 0.6 is 11.6 Å². The maximum atomic E-state index is 13.3. The first-order valence-electron chi connectivity index (χ1n) is 8.77. The summed E-state index contributed by atoms with van der Waals surface area (Å²) in [6, 6.07) is 19.3. The van der Waals surface area contributed by atoms with Crippen LogP contribution in [0.2, 0.25) is 5.02 Å². The number of halogens is 2. The molecule has 0 aliphatic carbocycles. The summed E-state index contributed by atoms with van der Waals surface area (Å²) in [4.78, 5) is 27.7. The lowest BCUT2D eigenvalue weighted by molar-refractivity contribution is -0.117. The van der Waals surface area contributed by atoms with Gasteiger partial charge in [0.2, 0.25) is 5.91 Å². The summed E-state index contributed by atoms with van der Waals surface area (Å²) in [7, 11) is 0. The molecule has 0 unspecified atom stereocenters. The Morgan fingerprint density at radius 2 is 1.71 bits per heavy atom. The minimum absolute atomic E-state index is 0.102. The zero-order valence-corrected chi connectivity index (χ0v) is 15.5. The number of carbonyl (C=O) groups is 2. The van der Waals surface area contributed by atoms with Crippen molar-refractivity contribution in [1.29, 1.82) is 0 Å². The van der Waals surface area contributed by atoms with E-state index < -0.39 is 11.9 Å². The van der Waals surface area contributed by atoms with Crippen LogP contribution in [0.5, 0.6) is 0 Å². The highest BCUT2D eigenvalue weighted by Gasteiger charge is 2.38. The Bertz CT molecular complexity index is 1060. The van der Waals surface area contributed by atoms with Crippen molar-refractivity contribution in [2.24, 2.45) is 0 Å². The Hall–Kier alpha value is -3.18. The number of hydrogen-bond acceptors (Lipinski definition) is 2.